The van der Waals surface area contributed by atoms with Gasteiger partial charge in [-0.25, -0.2) is 4.68 Å². The van der Waals surface area contributed by atoms with Gasteiger partial charge >= 0.3 is 0 Å². The lowest BCUT2D eigenvalue weighted by Crippen LogP contribution is -2.27. The van der Waals surface area contributed by atoms with Gasteiger partial charge in [-0.15, -0.1) is 0 Å². The van der Waals surface area contributed by atoms with Crippen LogP contribution in [0.1, 0.15) is 61.0 Å². The molecule has 1 saturated heterocycles. The van der Waals surface area contributed by atoms with Gasteiger partial charge in [0, 0.05) is 23.9 Å². The second-order valence-corrected chi connectivity index (χ2v) is 8.29. The lowest BCUT2D eigenvalue weighted by atomic mass is 9.95. The minimum absolute atomic E-state index is 0.119. The van der Waals surface area contributed by atoms with Crippen molar-refractivity contribution in [2.75, 3.05) is 18.4 Å². The zero-order valence-corrected chi connectivity index (χ0v) is 17.6. The van der Waals surface area contributed by atoms with Crippen molar-refractivity contribution in [2.24, 2.45) is 7.05 Å². The third-order valence-electron chi connectivity index (χ3n) is 5.75. The summed E-state index contributed by atoms with van der Waals surface area (Å²) in [6.45, 7) is 8.41. The van der Waals surface area contributed by atoms with Gasteiger partial charge in [0.2, 0.25) is 11.9 Å². The van der Waals surface area contributed by atoms with E-state index in [-0.39, 0.29) is 12.3 Å². The van der Waals surface area contributed by atoms with Crippen LogP contribution in [0.2, 0.25) is 0 Å². The van der Waals surface area contributed by atoms with E-state index in [1.807, 2.05) is 7.05 Å². The van der Waals surface area contributed by atoms with E-state index in [0.29, 0.717) is 17.8 Å². The molecule has 0 saturated carbocycles. The van der Waals surface area contributed by atoms with E-state index in [4.69, 9.17) is 4.42 Å². The van der Waals surface area contributed by atoms with Crippen molar-refractivity contribution in [3.8, 4) is 0 Å². The zero-order chi connectivity index (χ0) is 20.5. The van der Waals surface area contributed by atoms with Crippen molar-refractivity contribution in [3.05, 3.63) is 40.9 Å². The lowest BCUT2D eigenvalue weighted by molar-refractivity contribution is -0.115. The number of furan rings is 1. The lowest BCUT2D eigenvalue weighted by Gasteiger charge is -2.19. The molecule has 1 aromatic carbocycles. The average Bonchev–Trinajstić information content (AvgIpc) is 3.25. The van der Waals surface area contributed by atoms with Crippen LogP contribution in [0.25, 0.3) is 11.0 Å². The smallest absolute Gasteiger partial charge is 0.231 e. The molecule has 0 atom stereocenters. The van der Waals surface area contributed by atoms with Gasteiger partial charge in [0.15, 0.2) is 5.82 Å². The number of benzene rings is 1. The Hall–Kier alpha value is -2.67. The monoisotopic (exact) mass is 395 g/mol. The number of carbonyl (C=O) groups is 1. The minimum Gasteiger partial charge on any atom is -0.464 e. The summed E-state index contributed by atoms with van der Waals surface area (Å²) in [6.07, 6.45) is 3.97. The number of nitrogens with one attached hydrogen (secondary N) is 2. The molecular weight excluding hydrogens is 366 g/mol. The van der Waals surface area contributed by atoms with Crippen molar-refractivity contribution >= 4 is 22.8 Å². The van der Waals surface area contributed by atoms with Crippen LogP contribution in [0.15, 0.2) is 22.8 Å². The summed E-state index contributed by atoms with van der Waals surface area (Å²) in [5.41, 5.74) is 4.20. The minimum atomic E-state index is -0.119. The standard InChI is InChI=1S/C22H29N5O2/c1-13(2)17-11-18-16(12-29-19(18)9-14(17)3)10-20(28)24-22-25-21(26-27(22)4)15-5-7-23-8-6-15/h9,11-13,15,23H,5-8,10H2,1-4H3,(H,24,25,26,28). The number of nitrogens with zero attached hydrogens (tertiary/aromatic N) is 3. The fourth-order valence-corrected chi connectivity index (χ4v) is 4.11. The molecule has 7 heteroatoms. The fourth-order valence-electron chi connectivity index (χ4n) is 4.11. The highest BCUT2D eigenvalue weighted by Gasteiger charge is 2.22. The summed E-state index contributed by atoms with van der Waals surface area (Å²) in [4.78, 5) is 17.3. The Morgan fingerprint density at radius 3 is 2.83 bits per heavy atom. The maximum Gasteiger partial charge on any atom is 0.231 e. The van der Waals surface area contributed by atoms with Crippen LogP contribution < -0.4 is 10.6 Å². The van der Waals surface area contributed by atoms with Crippen LogP contribution in [0, 0.1) is 6.92 Å². The fraction of sp³-hybridized carbons (Fsp3) is 0.500. The summed E-state index contributed by atoms with van der Waals surface area (Å²) < 4.78 is 7.36. The maximum absolute atomic E-state index is 12.7. The van der Waals surface area contributed by atoms with Crippen LogP contribution in [-0.2, 0) is 18.3 Å². The first-order chi connectivity index (χ1) is 13.9. The maximum atomic E-state index is 12.7. The van der Waals surface area contributed by atoms with Crippen LogP contribution in [0.3, 0.4) is 0 Å². The number of piperidine rings is 1. The van der Waals surface area contributed by atoms with Crippen LogP contribution in [0.4, 0.5) is 5.95 Å². The molecule has 2 N–H and O–H groups in total. The number of amides is 1. The molecule has 0 aliphatic carbocycles. The Labute approximate surface area is 170 Å². The Morgan fingerprint density at radius 2 is 2.10 bits per heavy atom. The Morgan fingerprint density at radius 1 is 1.34 bits per heavy atom. The Balaban J connectivity index is 1.50. The average molecular weight is 396 g/mol. The van der Waals surface area contributed by atoms with Gasteiger partial charge < -0.3 is 9.73 Å². The number of fused-ring (bicyclic) bond motifs is 1. The van der Waals surface area contributed by atoms with E-state index in [9.17, 15) is 4.79 Å². The van der Waals surface area contributed by atoms with Crippen LogP contribution in [0.5, 0.6) is 0 Å². The number of hydrogen-bond donors (Lipinski definition) is 2. The SMILES string of the molecule is Cc1cc2occ(CC(=O)Nc3nc(C4CCNCC4)nn3C)c2cc1C(C)C. The molecule has 3 heterocycles. The number of anilines is 1. The van der Waals surface area contributed by atoms with E-state index in [1.54, 1.807) is 10.9 Å². The summed E-state index contributed by atoms with van der Waals surface area (Å²) in [5.74, 6) is 1.96. The highest BCUT2D eigenvalue weighted by atomic mass is 16.3. The third kappa shape index (κ3) is 4.05. The second-order valence-electron chi connectivity index (χ2n) is 8.29. The van der Waals surface area contributed by atoms with Gasteiger partial charge in [-0.2, -0.15) is 10.1 Å². The van der Waals surface area contributed by atoms with Crippen molar-refractivity contribution in [3.63, 3.8) is 0 Å². The van der Waals surface area contributed by atoms with Gasteiger partial charge in [-0.3, -0.25) is 10.1 Å². The number of rotatable bonds is 5. The molecule has 7 nitrogen and oxygen atoms in total. The molecule has 1 aliphatic heterocycles. The Kier molecular flexibility index (Phi) is 5.41. The van der Waals surface area contributed by atoms with E-state index >= 15 is 0 Å². The summed E-state index contributed by atoms with van der Waals surface area (Å²) >= 11 is 0. The second kappa shape index (κ2) is 7.99. The summed E-state index contributed by atoms with van der Waals surface area (Å²) in [5, 5.41) is 11.8. The summed E-state index contributed by atoms with van der Waals surface area (Å²) in [7, 11) is 1.82. The summed E-state index contributed by atoms with van der Waals surface area (Å²) in [6, 6.07) is 4.21. The van der Waals surface area contributed by atoms with Crippen LogP contribution in [-0.4, -0.2) is 33.8 Å². The van der Waals surface area contributed by atoms with Gasteiger partial charge in [0.25, 0.3) is 0 Å². The molecule has 1 fully saturated rings. The largest absolute Gasteiger partial charge is 0.464 e. The van der Waals surface area contributed by atoms with E-state index < -0.39 is 0 Å². The first-order valence-corrected chi connectivity index (χ1v) is 10.3. The number of aromatic nitrogens is 3. The third-order valence-corrected chi connectivity index (χ3v) is 5.75. The first kappa shape index (κ1) is 19.6. The highest BCUT2D eigenvalue weighted by Crippen LogP contribution is 2.29. The number of hydrogen-bond acceptors (Lipinski definition) is 5. The predicted octanol–water partition coefficient (Wildman–Crippen LogP) is 3.64. The molecule has 0 spiro atoms. The quantitative estimate of drug-likeness (QED) is 0.689. The topological polar surface area (TPSA) is 85.0 Å². The zero-order valence-electron chi connectivity index (χ0n) is 17.6. The molecule has 2 aromatic heterocycles. The van der Waals surface area contributed by atoms with Gasteiger partial charge in [0.05, 0.1) is 12.7 Å². The molecule has 0 radical (unpaired) electrons. The molecular formula is C22H29N5O2. The number of aryl methyl sites for hydroxylation is 2. The van der Waals surface area contributed by atoms with E-state index in [2.05, 4.69) is 53.6 Å². The van der Waals surface area contributed by atoms with Crippen molar-refractivity contribution < 1.29 is 9.21 Å². The van der Waals surface area contributed by atoms with Crippen molar-refractivity contribution in [1.29, 1.82) is 0 Å². The normalized spacial score (nSPS) is 15.3. The van der Waals surface area contributed by atoms with E-state index in [0.717, 1.165) is 48.3 Å². The molecule has 0 bridgehead atoms. The van der Waals surface area contributed by atoms with Crippen molar-refractivity contribution in [1.82, 2.24) is 20.1 Å². The van der Waals surface area contributed by atoms with Crippen LogP contribution >= 0.6 is 0 Å². The van der Waals surface area contributed by atoms with Gasteiger partial charge in [-0.1, -0.05) is 13.8 Å². The van der Waals surface area contributed by atoms with Crippen molar-refractivity contribution in [2.45, 2.75) is 51.9 Å². The molecule has 1 aliphatic rings. The number of carbonyl (C=O) groups excluding carboxylic acids is 1. The Bertz CT molecular complexity index is 1030. The van der Waals surface area contributed by atoms with Gasteiger partial charge in [0.1, 0.15) is 5.58 Å². The molecule has 0 unspecified atom stereocenters. The van der Waals surface area contributed by atoms with Gasteiger partial charge in [-0.05, 0) is 62.0 Å². The molecule has 4 rings (SSSR count). The van der Waals surface area contributed by atoms with E-state index in [1.165, 1.54) is 11.1 Å². The molecule has 1 amide bonds. The first-order valence-electron chi connectivity index (χ1n) is 10.3. The predicted molar refractivity (Wildman–Crippen MR) is 113 cm³/mol. The molecule has 3 aromatic rings. The molecule has 29 heavy (non-hydrogen) atoms. The highest BCUT2D eigenvalue weighted by molar-refractivity contribution is 5.94. The molecule has 154 valence electrons.